The molecule has 0 aromatic heterocycles. The Balaban J connectivity index is 1.81. The molecule has 0 aliphatic carbocycles. The molecule has 0 spiro atoms. The van der Waals surface area contributed by atoms with Crippen molar-refractivity contribution in [1.82, 2.24) is 4.90 Å². The fraction of sp³-hybridized carbons (Fsp3) is 0.316. The molecule has 1 aliphatic heterocycles. The van der Waals surface area contributed by atoms with Crippen molar-refractivity contribution >= 4 is 23.0 Å². The highest BCUT2D eigenvalue weighted by molar-refractivity contribution is 7.80. The normalized spacial score (nSPS) is 21.0. The summed E-state index contributed by atoms with van der Waals surface area (Å²) in [6.07, 6.45) is 0. The Morgan fingerprint density at radius 2 is 1.83 bits per heavy atom. The molecule has 1 aliphatic rings. The predicted octanol–water partition coefficient (Wildman–Crippen LogP) is 2.26. The number of thiocarbonyl (C=S) groups is 1. The maximum Gasteiger partial charge on any atom is 0.174 e. The number of aryl methyl sites for hydroxylation is 1. The molecule has 2 aromatic rings. The molecule has 1 fully saturated rings. The fourth-order valence-electron chi connectivity index (χ4n) is 3.13. The van der Waals surface area contributed by atoms with Gasteiger partial charge in [-0.05, 0) is 36.3 Å². The molecule has 4 heteroatoms. The van der Waals surface area contributed by atoms with E-state index in [1.165, 1.54) is 11.1 Å². The maximum absolute atomic E-state index is 5.74. The molecule has 3 nitrogen and oxygen atoms in total. The predicted molar refractivity (Wildman–Crippen MR) is 99.9 cm³/mol. The minimum atomic E-state index is 0.328. The van der Waals surface area contributed by atoms with Crippen LogP contribution in [0.25, 0.3) is 0 Å². The number of likely N-dealkylation sites (N-methyl/N-ethyl adjacent to an activating group) is 1. The number of nitrogens with zero attached hydrogens (tertiary/aromatic N) is 1. The van der Waals surface area contributed by atoms with Gasteiger partial charge in [-0.1, -0.05) is 48.5 Å². The van der Waals surface area contributed by atoms with Crippen LogP contribution in [0, 0.1) is 6.92 Å². The van der Waals surface area contributed by atoms with Crippen LogP contribution in [-0.4, -0.2) is 36.7 Å². The Labute approximate surface area is 143 Å². The highest BCUT2D eigenvalue weighted by Crippen LogP contribution is 2.22. The van der Waals surface area contributed by atoms with Crippen molar-refractivity contribution in [2.45, 2.75) is 13.0 Å². The number of anilines is 1. The van der Waals surface area contributed by atoms with Crippen molar-refractivity contribution < 1.29 is 4.90 Å². The Hall–Kier alpha value is -1.91. The van der Waals surface area contributed by atoms with Crippen LogP contribution in [0.5, 0.6) is 0 Å². The summed E-state index contributed by atoms with van der Waals surface area (Å²) in [4.78, 5) is 3.89. The summed E-state index contributed by atoms with van der Waals surface area (Å²) in [5, 5.41) is 4.26. The van der Waals surface area contributed by atoms with Crippen molar-refractivity contribution in [1.29, 1.82) is 0 Å². The van der Waals surface area contributed by atoms with Gasteiger partial charge in [0.05, 0.1) is 20.1 Å². The van der Waals surface area contributed by atoms with Crippen LogP contribution in [0.2, 0.25) is 0 Å². The molecule has 23 heavy (non-hydrogen) atoms. The molecular formula is C19H24N3S+. The molecule has 2 N–H and O–H groups in total. The van der Waals surface area contributed by atoms with E-state index in [0.717, 1.165) is 30.4 Å². The van der Waals surface area contributed by atoms with E-state index in [1.807, 2.05) is 6.07 Å². The SMILES string of the molecule is Cc1ccccc1NC(=S)N1CC[NH+](C)C[C@H]1c1ccccc1. The van der Waals surface area contributed by atoms with Gasteiger partial charge in [-0.3, -0.25) is 0 Å². The molecule has 120 valence electrons. The Morgan fingerprint density at radius 3 is 2.57 bits per heavy atom. The van der Waals surface area contributed by atoms with Gasteiger partial charge in [-0.25, -0.2) is 0 Å². The van der Waals surface area contributed by atoms with Crippen molar-refractivity contribution in [2.24, 2.45) is 0 Å². The van der Waals surface area contributed by atoms with Crippen LogP contribution in [-0.2, 0) is 0 Å². The van der Waals surface area contributed by atoms with E-state index in [1.54, 1.807) is 4.90 Å². The lowest BCUT2D eigenvalue weighted by atomic mass is 10.0. The van der Waals surface area contributed by atoms with E-state index in [4.69, 9.17) is 12.2 Å². The smallest absolute Gasteiger partial charge is 0.174 e. The van der Waals surface area contributed by atoms with Crippen LogP contribution in [0.4, 0.5) is 5.69 Å². The van der Waals surface area contributed by atoms with Gasteiger partial charge in [0.25, 0.3) is 0 Å². The second kappa shape index (κ2) is 7.11. The van der Waals surface area contributed by atoms with Gasteiger partial charge < -0.3 is 15.1 Å². The molecule has 2 atom stereocenters. The summed E-state index contributed by atoms with van der Waals surface area (Å²) in [6.45, 7) is 5.26. The lowest BCUT2D eigenvalue weighted by molar-refractivity contribution is -0.887. The quantitative estimate of drug-likeness (QED) is 0.826. The maximum atomic E-state index is 5.74. The Bertz CT molecular complexity index is 671. The minimum Gasteiger partial charge on any atom is -0.334 e. The lowest BCUT2D eigenvalue weighted by Crippen LogP contribution is -3.12. The average molecular weight is 326 g/mol. The van der Waals surface area contributed by atoms with E-state index in [9.17, 15) is 0 Å². The lowest BCUT2D eigenvalue weighted by Gasteiger charge is -2.39. The molecule has 1 unspecified atom stereocenters. The molecule has 0 bridgehead atoms. The summed E-state index contributed by atoms with van der Waals surface area (Å²) >= 11 is 5.74. The van der Waals surface area contributed by atoms with E-state index in [0.29, 0.717) is 6.04 Å². The average Bonchev–Trinajstić information content (AvgIpc) is 2.57. The summed E-state index contributed by atoms with van der Waals surface area (Å²) in [7, 11) is 2.26. The Morgan fingerprint density at radius 1 is 1.13 bits per heavy atom. The van der Waals surface area contributed by atoms with E-state index < -0.39 is 0 Å². The molecule has 0 amide bonds. The van der Waals surface area contributed by atoms with E-state index in [2.05, 4.69) is 72.7 Å². The van der Waals surface area contributed by atoms with Gasteiger partial charge >= 0.3 is 0 Å². The third-order valence-corrected chi connectivity index (χ3v) is 4.87. The van der Waals surface area contributed by atoms with Crippen molar-refractivity contribution in [3.05, 3.63) is 65.7 Å². The first-order chi connectivity index (χ1) is 11.1. The zero-order chi connectivity index (χ0) is 16.2. The number of hydrogen-bond donors (Lipinski definition) is 2. The zero-order valence-corrected chi connectivity index (χ0v) is 14.6. The highest BCUT2D eigenvalue weighted by atomic mass is 32.1. The molecule has 1 saturated heterocycles. The second-order valence-corrected chi connectivity index (χ2v) is 6.66. The van der Waals surface area contributed by atoms with Crippen molar-refractivity contribution in [2.75, 3.05) is 32.0 Å². The van der Waals surface area contributed by atoms with Crippen LogP contribution < -0.4 is 10.2 Å². The van der Waals surface area contributed by atoms with Crippen LogP contribution in [0.1, 0.15) is 17.2 Å². The summed E-state index contributed by atoms with van der Waals surface area (Å²) in [5.41, 5.74) is 3.64. The van der Waals surface area contributed by atoms with Gasteiger partial charge in [-0.2, -0.15) is 0 Å². The summed E-state index contributed by atoms with van der Waals surface area (Å²) < 4.78 is 0. The summed E-state index contributed by atoms with van der Waals surface area (Å²) in [6, 6.07) is 19.3. The molecule has 0 saturated carbocycles. The largest absolute Gasteiger partial charge is 0.334 e. The van der Waals surface area contributed by atoms with Gasteiger partial charge in [-0.15, -0.1) is 0 Å². The molecule has 0 radical (unpaired) electrons. The van der Waals surface area contributed by atoms with Gasteiger partial charge in [0.1, 0.15) is 12.6 Å². The molecule has 2 aromatic carbocycles. The first-order valence-corrected chi connectivity index (χ1v) is 8.55. The standard InChI is InChI=1S/C19H23N3S/c1-15-8-6-7-11-17(15)20-19(23)22-13-12-21(2)14-18(22)16-9-4-3-5-10-16/h3-11,18H,12-14H2,1-2H3,(H,20,23)/p+1/t18-/m0/s1. The third kappa shape index (κ3) is 3.71. The molecule has 1 heterocycles. The Kier molecular flexibility index (Phi) is 4.94. The van der Waals surface area contributed by atoms with Crippen molar-refractivity contribution in [3.63, 3.8) is 0 Å². The number of benzene rings is 2. The first-order valence-electron chi connectivity index (χ1n) is 8.14. The zero-order valence-electron chi connectivity index (χ0n) is 13.8. The fourth-order valence-corrected chi connectivity index (χ4v) is 3.45. The second-order valence-electron chi connectivity index (χ2n) is 6.28. The summed E-state index contributed by atoms with van der Waals surface area (Å²) in [5.74, 6) is 0. The molecule has 3 rings (SSSR count). The van der Waals surface area contributed by atoms with Crippen LogP contribution >= 0.6 is 12.2 Å². The van der Waals surface area contributed by atoms with Gasteiger partial charge in [0, 0.05) is 5.69 Å². The number of piperazine rings is 1. The third-order valence-electron chi connectivity index (χ3n) is 4.53. The van der Waals surface area contributed by atoms with Crippen molar-refractivity contribution in [3.8, 4) is 0 Å². The first kappa shape index (κ1) is 16.0. The van der Waals surface area contributed by atoms with Gasteiger partial charge in [0.2, 0.25) is 0 Å². The number of nitrogens with one attached hydrogen (secondary N) is 2. The number of hydrogen-bond acceptors (Lipinski definition) is 1. The van der Waals surface area contributed by atoms with Gasteiger partial charge in [0.15, 0.2) is 5.11 Å². The van der Waals surface area contributed by atoms with Crippen LogP contribution in [0.15, 0.2) is 54.6 Å². The minimum absolute atomic E-state index is 0.328. The molecular weight excluding hydrogens is 302 g/mol. The number of para-hydroxylation sites is 1. The van der Waals surface area contributed by atoms with E-state index >= 15 is 0 Å². The number of rotatable bonds is 2. The number of quaternary nitrogens is 1. The van der Waals surface area contributed by atoms with Crippen LogP contribution in [0.3, 0.4) is 0 Å². The topological polar surface area (TPSA) is 19.7 Å². The van der Waals surface area contributed by atoms with E-state index in [-0.39, 0.29) is 0 Å². The monoisotopic (exact) mass is 326 g/mol. The highest BCUT2D eigenvalue weighted by Gasteiger charge is 2.31.